The Balaban J connectivity index is 1.98. The normalized spacial score (nSPS) is 18.6. The lowest BCUT2D eigenvalue weighted by molar-refractivity contribution is 0.0161. The van der Waals surface area contributed by atoms with Crippen molar-refractivity contribution in [2.45, 2.75) is 58.1 Å². The van der Waals surface area contributed by atoms with E-state index >= 15 is 0 Å². The molecule has 1 aromatic carbocycles. The van der Waals surface area contributed by atoms with Crippen LogP contribution in [-0.4, -0.2) is 24.7 Å². The fraction of sp³-hybridized carbons (Fsp3) is 0.611. The number of nitrogens with one attached hydrogen (secondary N) is 1. The number of ether oxygens (including phenoxy) is 1. The first-order valence-electron chi connectivity index (χ1n) is 8.41. The second-order valence-corrected chi connectivity index (χ2v) is 6.21. The number of carbonyl (C=O) groups is 1. The highest BCUT2D eigenvalue weighted by atomic mass is 16.5. The van der Waals surface area contributed by atoms with Crippen LogP contribution in [0.1, 0.15) is 56.3 Å². The zero-order valence-electron chi connectivity index (χ0n) is 13.7. The number of carbonyl (C=O) groups excluding carboxylic acids is 1. The van der Waals surface area contributed by atoms with E-state index in [1.807, 2.05) is 6.92 Å². The third-order valence-electron chi connectivity index (χ3n) is 4.54. The number of hydrogen-bond acceptors (Lipinski definition) is 4. The van der Waals surface area contributed by atoms with Gasteiger partial charge in [-0.2, -0.15) is 0 Å². The molecule has 0 amide bonds. The van der Waals surface area contributed by atoms with E-state index in [0.29, 0.717) is 17.2 Å². The fourth-order valence-electron chi connectivity index (χ4n) is 3.37. The molecule has 0 heterocycles. The molecule has 0 spiro atoms. The maximum Gasteiger partial charge on any atom is 0.338 e. The van der Waals surface area contributed by atoms with E-state index in [0.717, 1.165) is 6.54 Å². The summed E-state index contributed by atoms with van der Waals surface area (Å²) in [6, 6.07) is 7.12. The first kappa shape index (κ1) is 16.8. The van der Waals surface area contributed by atoms with Crippen molar-refractivity contribution in [2.24, 2.45) is 5.92 Å². The van der Waals surface area contributed by atoms with E-state index in [2.05, 4.69) is 12.2 Å². The Morgan fingerprint density at radius 2 is 1.91 bits per heavy atom. The molecule has 0 aliphatic heterocycles. The Morgan fingerprint density at radius 1 is 1.27 bits per heavy atom. The maximum atomic E-state index is 12.3. The number of likely N-dealkylation sites (N-methyl/N-ethyl adjacent to an activating group) is 1. The van der Waals surface area contributed by atoms with E-state index in [4.69, 9.17) is 10.5 Å². The molecule has 2 rings (SSSR count). The van der Waals surface area contributed by atoms with Crippen LogP contribution in [0.5, 0.6) is 0 Å². The summed E-state index contributed by atoms with van der Waals surface area (Å²) >= 11 is 0. The Labute approximate surface area is 133 Å². The molecule has 1 aromatic rings. The number of rotatable bonds is 6. The van der Waals surface area contributed by atoms with Crippen molar-refractivity contribution in [2.75, 3.05) is 12.3 Å². The summed E-state index contributed by atoms with van der Waals surface area (Å²) in [5, 5.41) is 3.52. The lowest BCUT2D eigenvalue weighted by Crippen LogP contribution is -2.46. The fourth-order valence-corrected chi connectivity index (χ4v) is 3.37. The summed E-state index contributed by atoms with van der Waals surface area (Å²) in [6.45, 7) is 4.99. The number of hydrogen-bond donors (Lipinski definition) is 2. The molecular weight excluding hydrogens is 276 g/mol. The number of esters is 1. The van der Waals surface area contributed by atoms with Gasteiger partial charge in [-0.05, 0) is 56.5 Å². The predicted molar refractivity (Wildman–Crippen MR) is 89.8 cm³/mol. The van der Waals surface area contributed by atoms with Crippen LogP contribution in [0.4, 0.5) is 5.69 Å². The highest BCUT2D eigenvalue weighted by molar-refractivity contribution is 5.89. The first-order valence-corrected chi connectivity index (χ1v) is 8.41. The van der Waals surface area contributed by atoms with Gasteiger partial charge in [0.1, 0.15) is 6.10 Å². The van der Waals surface area contributed by atoms with Gasteiger partial charge in [0.05, 0.1) is 5.56 Å². The molecule has 3 N–H and O–H groups in total. The average molecular weight is 304 g/mol. The SMILES string of the molecule is CCNC(C1CCCCC1)C(C)OC(=O)c1ccc(N)cc1. The highest BCUT2D eigenvalue weighted by Gasteiger charge is 2.29. The van der Waals surface area contributed by atoms with Gasteiger partial charge in [-0.15, -0.1) is 0 Å². The third-order valence-corrected chi connectivity index (χ3v) is 4.54. The molecule has 1 aliphatic rings. The number of benzene rings is 1. The second-order valence-electron chi connectivity index (χ2n) is 6.21. The lowest BCUT2D eigenvalue weighted by atomic mass is 9.82. The van der Waals surface area contributed by atoms with Crippen molar-refractivity contribution in [1.82, 2.24) is 5.32 Å². The zero-order valence-corrected chi connectivity index (χ0v) is 13.7. The van der Waals surface area contributed by atoms with Crippen LogP contribution in [0.25, 0.3) is 0 Å². The molecular formula is C18H28N2O2. The first-order chi connectivity index (χ1) is 10.6. The van der Waals surface area contributed by atoms with Crippen LogP contribution in [0.15, 0.2) is 24.3 Å². The molecule has 1 aliphatic carbocycles. The van der Waals surface area contributed by atoms with Gasteiger partial charge in [0.15, 0.2) is 0 Å². The molecule has 1 fully saturated rings. The van der Waals surface area contributed by atoms with Gasteiger partial charge in [0.2, 0.25) is 0 Å². The van der Waals surface area contributed by atoms with E-state index in [9.17, 15) is 4.79 Å². The van der Waals surface area contributed by atoms with Crippen molar-refractivity contribution < 1.29 is 9.53 Å². The maximum absolute atomic E-state index is 12.3. The monoisotopic (exact) mass is 304 g/mol. The van der Waals surface area contributed by atoms with Crippen molar-refractivity contribution >= 4 is 11.7 Å². The lowest BCUT2D eigenvalue weighted by Gasteiger charge is -2.34. The number of nitrogens with two attached hydrogens (primary N) is 1. The quantitative estimate of drug-likeness (QED) is 0.625. The molecule has 0 radical (unpaired) electrons. The summed E-state index contributed by atoms with van der Waals surface area (Å²) in [5.41, 5.74) is 6.86. The summed E-state index contributed by atoms with van der Waals surface area (Å²) in [6.07, 6.45) is 6.21. The minimum Gasteiger partial charge on any atom is -0.457 e. The van der Waals surface area contributed by atoms with Crippen molar-refractivity contribution in [3.8, 4) is 0 Å². The summed E-state index contributed by atoms with van der Waals surface area (Å²) in [7, 11) is 0. The van der Waals surface area contributed by atoms with Crippen molar-refractivity contribution in [3.05, 3.63) is 29.8 Å². The van der Waals surface area contributed by atoms with Crippen LogP contribution < -0.4 is 11.1 Å². The molecule has 22 heavy (non-hydrogen) atoms. The molecule has 2 atom stereocenters. The highest BCUT2D eigenvalue weighted by Crippen LogP contribution is 2.28. The molecule has 1 saturated carbocycles. The smallest absolute Gasteiger partial charge is 0.338 e. The van der Waals surface area contributed by atoms with E-state index in [1.54, 1.807) is 24.3 Å². The number of anilines is 1. The van der Waals surface area contributed by atoms with E-state index in [1.165, 1.54) is 32.1 Å². The molecule has 4 heteroatoms. The topological polar surface area (TPSA) is 64.3 Å². The molecule has 0 saturated heterocycles. The molecule has 0 bridgehead atoms. The molecule has 0 aromatic heterocycles. The van der Waals surface area contributed by atoms with Crippen LogP contribution in [0.2, 0.25) is 0 Å². The van der Waals surface area contributed by atoms with Gasteiger partial charge in [-0.25, -0.2) is 4.79 Å². The second kappa shape index (κ2) is 8.18. The Hall–Kier alpha value is -1.55. The minimum absolute atomic E-state index is 0.131. The Bertz CT molecular complexity index is 466. The van der Waals surface area contributed by atoms with Gasteiger partial charge >= 0.3 is 5.97 Å². The number of nitrogen functional groups attached to an aromatic ring is 1. The summed E-state index contributed by atoms with van der Waals surface area (Å²) in [5.74, 6) is 0.328. The van der Waals surface area contributed by atoms with Crippen LogP contribution in [0, 0.1) is 5.92 Å². The molecule has 2 unspecified atom stereocenters. The Morgan fingerprint density at radius 3 is 2.50 bits per heavy atom. The van der Waals surface area contributed by atoms with Crippen molar-refractivity contribution in [3.63, 3.8) is 0 Å². The standard InChI is InChI=1S/C18H28N2O2/c1-3-20-17(14-7-5-4-6-8-14)13(2)22-18(21)15-9-11-16(19)12-10-15/h9-14,17,20H,3-8,19H2,1-2H3. The van der Waals surface area contributed by atoms with Gasteiger partial charge in [-0.1, -0.05) is 26.2 Å². The molecule has 122 valence electrons. The summed E-state index contributed by atoms with van der Waals surface area (Å²) < 4.78 is 5.70. The van der Waals surface area contributed by atoms with Gasteiger partial charge < -0.3 is 15.8 Å². The largest absolute Gasteiger partial charge is 0.457 e. The summed E-state index contributed by atoms with van der Waals surface area (Å²) in [4.78, 5) is 12.3. The van der Waals surface area contributed by atoms with Gasteiger partial charge in [0, 0.05) is 11.7 Å². The Kier molecular flexibility index (Phi) is 6.25. The average Bonchev–Trinajstić information content (AvgIpc) is 2.53. The predicted octanol–water partition coefficient (Wildman–Crippen LogP) is 3.37. The van der Waals surface area contributed by atoms with Crippen LogP contribution in [-0.2, 0) is 4.74 Å². The van der Waals surface area contributed by atoms with E-state index in [-0.39, 0.29) is 18.1 Å². The van der Waals surface area contributed by atoms with E-state index < -0.39 is 0 Å². The van der Waals surface area contributed by atoms with Crippen LogP contribution >= 0.6 is 0 Å². The van der Waals surface area contributed by atoms with Gasteiger partial charge in [-0.3, -0.25) is 0 Å². The van der Waals surface area contributed by atoms with Gasteiger partial charge in [0.25, 0.3) is 0 Å². The van der Waals surface area contributed by atoms with Crippen LogP contribution in [0.3, 0.4) is 0 Å². The third kappa shape index (κ3) is 4.47. The minimum atomic E-state index is -0.272. The zero-order chi connectivity index (χ0) is 15.9. The van der Waals surface area contributed by atoms with Crippen molar-refractivity contribution in [1.29, 1.82) is 0 Å². The molecule has 4 nitrogen and oxygen atoms in total.